The first-order valence-corrected chi connectivity index (χ1v) is 9.21. The van der Waals surface area contributed by atoms with Gasteiger partial charge in [-0.15, -0.1) is 0 Å². The van der Waals surface area contributed by atoms with Crippen molar-refractivity contribution in [2.24, 2.45) is 0 Å². The molecule has 0 fully saturated rings. The first-order valence-electron chi connectivity index (χ1n) is 9.21. The number of pyridine rings is 1. The van der Waals surface area contributed by atoms with Crippen molar-refractivity contribution < 1.29 is 19.5 Å². The van der Waals surface area contributed by atoms with Crippen molar-refractivity contribution in [2.75, 3.05) is 39.2 Å². The second kappa shape index (κ2) is 8.89. The number of nitrogens with one attached hydrogen (secondary N) is 2. The molecule has 1 aromatic heterocycles. The van der Waals surface area contributed by atoms with E-state index in [1.165, 1.54) is 12.1 Å². The molecule has 0 bridgehead atoms. The van der Waals surface area contributed by atoms with Gasteiger partial charge in [0, 0.05) is 48.6 Å². The van der Waals surface area contributed by atoms with Crippen LogP contribution < -0.4 is 20.1 Å². The molecule has 3 rings (SSSR count). The smallest absolute Gasteiger partial charge is 0.271 e. The van der Waals surface area contributed by atoms with Crippen LogP contribution in [0.3, 0.4) is 0 Å². The summed E-state index contributed by atoms with van der Waals surface area (Å²) in [7, 11) is 3.11. The lowest BCUT2D eigenvalue weighted by Gasteiger charge is -2.16. The van der Waals surface area contributed by atoms with Gasteiger partial charge < -0.3 is 25.2 Å². The molecule has 1 heterocycles. The second-order valence-corrected chi connectivity index (χ2v) is 6.65. The van der Waals surface area contributed by atoms with E-state index in [4.69, 9.17) is 9.47 Å². The largest absolute Gasteiger partial charge is 0.493 e. The Morgan fingerprint density at radius 2 is 1.79 bits per heavy atom. The molecule has 1 unspecified atom stereocenters. The molecule has 0 saturated carbocycles. The highest BCUT2D eigenvalue weighted by atomic mass is 16.6. The number of nitrogens with zero attached hydrogens (tertiary/aromatic N) is 2. The molecular formula is C20H24N4O5. The molecule has 154 valence electrons. The molecule has 9 nitrogen and oxygen atoms in total. The summed E-state index contributed by atoms with van der Waals surface area (Å²) < 4.78 is 10.8. The fourth-order valence-electron chi connectivity index (χ4n) is 3.15. The zero-order chi connectivity index (χ0) is 21.0. The van der Waals surface area contributed by atoms with Crippen molar-refractivity contribution in [2.45, 2.75) is 13.0 Å². The lowest BCUT2D eigenvalue weighted by molar-refractivity contribution is -0.384. The van der Waals surface area contributed by atoms with E-state index in [0.717, 1.165) is 16.5 Å². The Morgan fingerprint density at radius 1 is 1.10 bits per heavy atom. The van der Waals surface area contributed by atoms with Crippen LogP contribution in [0.2, 0.25) is 0 Å². The third-order valence-corrected chi connectivity index (χ3v) is 4.52. The number of ether oxygens (including phenoxy) is 2. The Bertz CT molecular complexity index is 1040. The summed E-state index contributed by atoms with van der Waals surface area (Å²) in [5.41, 5.74) is 1.93. The standard InChI is InChI=1S/C20H24N4O5/c1-12(25)11-21-6-7-22-20-14-5-4-13(24(26)27)8-16(14)23-17-10-19(29-3)18(28-2)9-15(17)20/h4-5,8-10,12,21,25H,6-7,11H2,1-3H3,(H,22,23). The molecule has 0 amide bonds. The van der Waals surface area contributed by atoms with Gasteiger partial charge in [-0.05, 0) is 19.1 Å². The number of non-ortho nitro benzene ring substituents is 1. The molecule has 2 aromatic carbocycles. The SMILES string of the molecule is COc1cc2nc3cc([N+](=O)[O-])ccc3c(NCCNCC(C)O)c2cc1OC. The van der Waals surface area contributed by atoms with E-state index < -0.39 is 11.0 Å². The van der Waals surface area contributed by atoms with Crippen molar-refractivity contribution in [3.05, 3.63) is 40.4 Å². The van der Waals surface area contributed by atoms with Crippen LogP contribution in [-0.2, 0) is 0 Å². The van der Waals surface area contributed by atoms with Gasteiger partial charge >= 0.3 is 0 Å². The van der Waals surface area contributed by atoms with Crippen LogP contribution in [0.25, 0.3) is 21.8 Å². The quantitative estimate of drug-likeness (QED) is 0.217. The first-order chi connectivity index (χ1) is 13.9. The number of fused-ring (bicyclic) bond motifs is 2. The Hall–Kier alpha value is -3.17. The summed E-state index contributed by atoms with van der Waals surface area (Å²) in [6.07, 6.45) is -0.421. The number of anilines is 1. The van der Waals surface area contributed by atoms with Crippen LogP contribution in [0, 0.1) is 10.1 Å². The molecule has 0 spiro atoms. The van der Waals surface area contributed by atoms with Crippen LogP contribution in [0.15, 0.2) is 30.3 Å². The molecule has 0 radical (unpaired) electrons. The number of rotatable bonds is 9. The number of methoxy groups -OCH3 is 2. The van der Waals surface area contributed by atoms with Gasteiger partial charge in [0.2, 0.25) is 0 Å². The van der Waals surface area contributed by atoms with Crippen LogP contribution in [0.1, 0.15) is 6.92 Å². The maximum atomic E-state index is 11.2. The Kier molecular flexibility index (Phi) is 6.30. The van der Waals surface area contributed by atoms with E-state index in [-0.39, 0.29) is 5.69 Å². The number of aromatic nitrogens is 1. The molecule has 0 aliphatic rings. The number of nitro groups is 1. The number of aliphatic hydroxyl groups is 1. The summed E-state index contributed by atoms with van der Waals surface area (Å²) in [5.74, 6) is 1.10. The van der Waals surface area contributed by atoms with E-state index in [1.54, 1.807) is 33.3 Å². The van der Waals surface area contributed by atoms with Crippen molar-refractivity contribution in [3.63, 3.8) is 0 Å². The third-order valence-electron chi connectivity index (χ3n) is 4.52. The zero-order valence-corrected chi connectivity index (χ0v) is 16.6. The van der Waals surface area contributed by atoms with E-state index in [1.807, 2.05) is 6.07 Å². The molecule has 3 N–H and O–H groups in total. The lowest BCUT2D eigenvalue weighted by atomic mass is 10.1. The van der Waals surface area contributed by atoms with Crippen molar-refractivity contribution in [1.29, 1.82) is 0 Å². The summed E-state index contributed by atoms with van der Waals surface area (Å²) >= 11 is 0. The zero-order valence-electron chi connectivity index (χ0n) is 16.6. The number of hydrogen-bond donors (Lipinski definition) is 3. The Morgan fingerprint density at radius 3 is 2.45 bits per heavy atom. The van der Waals surface area contributed by atoms with E-state index in [9.17, 15) is 15.2 Å². The van der Waals surface area contributed by atoms with Gasteiger partial charge in [-0.25, -0.2) is 4.98 Å². The minimum Gasteiger partial charge on any atom is -0.493 e. The van der Waals surface area contributed by atoms with Crippen LogP contribution >= 0.6 is 0 Å². The molecule has 3 aromatic rings. The van der Waals surface area contributed by atoms with Gasteiger partial charge in [0.25, 0.3) is 5.69 Å². The second-order valence-electron chi connectivity index (χ2n) is 6.65. The minimum absolute atomic E-state index is 0.0191. The maximum Gasteiger partial charge on any atom is 0.271 e. The summed E-state index contributed by atoms with van der Waals surface area (Å²) in [4.78, 5) is 15.3. The van der Waals surface area contributed by atoms with Crippen molar-refractivity contribution >= 4 is 33.2 Å². The Balaban J connectivity index is 2.09. The first kappa shape index (κ1) is 20.6. The fraction of sp³-hybridized carbons (Fsp3) is 0.350. The molecule has 9 heteroatoms. The summed E-state index contributed by atoms with van der Waals surface area (Å²) in [6, 6.07) is 8.22. The number of hydrogen-bond acceptors (Lipinski definition) is 8. The van der Waals surface area contributed by atoms with Crippen molar-refractivity contribution in [3.8, 4) is 11.5 Å². The molecule has 0 aliphatic carbocycles. The maximum absolute atomic E-state index is 11.2. The van der Waals surface area contributed by atoms with E-state index in [2.05, 4.69) is 15.6 Å². The predicted molar refractivity (Wildman–Crippen MR) is 112 cm³/mol. The molecule has 0 saturated heterocycles. The number of aliphatic hydroxyl groups excluding tert-OH is 1. The van der Waals surface area contributed by atoms with Crippen molar-refractivity contribution in [1.82, 2.24) is 10.3 Å². The third kappa shape index (κ3) is 4.47. The fourth-order valence-corrected chi connectivity index (χ4v) is 3.15. The van der Waals surface area contributed by atoms with Crippen LogP contribution in [0.4, 0.5) is 11.4 Å². The highest BCUT2D eigenvalue weighted by molar-refractivity contribution is 6.08. The number of nitro benzene ring substituents is 1. The normalized spacial score (nSPS) is 12.1. The van der Waals surface area contributed by atoms with E-state index >= 15 is 0 Å². The average molecular weight is 400 g/mol. The Labute approximate surface area is 167 Å². The highest BCUT2D eigenvalue weighted by Crippen LogP contribution is 2.38. The molecule has 0 aliphatic heterocycles. The molecular weight excluding hydrogens is 376 g/mol. The monoisotopic (exact) mass is 400 g/mol. The van der Waals surface area contributed by atoms with Gasteiger partial charge in [0.05, 0.1) is 42.0 Å². The van der Waals surface area contributed by atoms with Crippen LogP contribution in [0.5, 0.6) is 11.5 Å². The highest BCUT2D eigenvalue weighted by Gasteiger charge is 2.16. The minimum atomic E-state index is -0.437. The average Bonchev–Trinajstić information content (AvgIpc) is 2.71. The predicted octanol–water partition coefficient (Wildman–Crippen LogP) is 2.70. The topological polar surface area (TPSA) is 119 Å². The van der Waals surface area contributed by atoms with Gasteiger partial charge in [0.15, 0.2) is 11.5 Å². The lowest BCUT2D eigenvalue weighted by Crippen LogP contribution is -2.29. The number of benzene rings is 2. The summed E-state index contributed by atoms with van der Waals surface area (Å²) in [6.45, 7) is 3.44. The van der Waals surface area contributed by atoms with Gasteiger partial charge in [0.1, 0.15) is 0 Å². The van der Waals surface area contributed by atoms with Gasteiger partial charge in [-0.2, -0.15) is 0 Å². The molecule has 29 heavy (non-hydrogen) atoms. The van der Waals surface area contributed by atoms with Gasteiger partial charge in [-0.1, -0.05) is 0 Å². The van der Waals surface area contributed by atoms with E-state index in [0.29, 0.717) is 42.2 Å². The van der Waals surface area contributed by atoms with Gasteiger partial charge in [-0.3, -0.25) is 10.1 Å². The summed E-state index contributed by atoms with van der Waals surface area (Å²) in [5, 5.41) is 28.7. The molecule has 1 atom stereocenters. The van der Waals surface area contributed by atoms with Crippen LogP contribution in [-0.4, -0.2) is 55.0 Å².